The highest BCUT2D eigenvalue weighted by molar-refractivity contribution is 5.00. The summed E-state index contributed by atoms with van der Waals surface area (Å²) in [6.07, 6.45) is 1.45. The van der Waals surface area contributed by atoms with Crippen LogP contribution in [0.4, 0.5) is 4.70 Å². The van der Waals surface area contributed by atoms with E-state index in [-0.39, 0.29) is 4.70 Å². The Morgan fingerprint density at radius 1 is 1.50 bits per heavy atom. The Morgan fingerprint density at radius 3 is 2.25 bits per heavy atom. The van der Waals surface area contributed by atoms with Gasteiger partial charge < -0.3 is 4.42 Å². The third-order valence-corrected chi connectivity index (χ3v) is 0.985. The van der Waals surface area contributed by atoms with Crippen molar-refractivity contribution in [3.05, 3.63) is 17.8 Å². The Morgan fingerprint density at radius 2 is 2.12 bits per heavy atom. The van der Waals surface area contributed by atoms with Crippen molar-refractivity contribution in [1.29, 1.82) is 0 Å². The Balaban J connectivity index is 0.000000490. The fourth-order valence-electron chi connectivity index (χ4n) is 0.361. The highest BCUT2D eigenvalue weighted by Crippen LogP contribution is 1.99. The fourth-order valence-corrected chi connectivity index (χ4v) is 0.361. The van der Waals surface area contributed by atoms with Crippen LogP contribution in [-0.4, -0.2) is 4.98 Å². The van der Waals surface area contributed by atoms with Gasteiger partial charge in [-0.2, -0.15) is 0 Å². The van der Waals surface area contributed by atoms with E-state index in [4.69, 9.17) is 4.42 Å². The minimum atomic E-state index is 0. The van der Waals surface area contributed by atoms with Crippen molar-refractivity contribution in [3.8, 4) is 0 Å². The van der Waals surface area contributed by atoms with E-state index in [9.17, 15) is 0 Å². The summed E-state index contributed by atoms with van der Waals surface area (Å²) >= 11 is 0. The number of aromatic nitrogens is 1. The number of hydrogen-bond donors (Lipinski definition) is 0. The van der Waals surface area contributed by atoms with Crippen LogP contribution in [0.15, 0.2) is 10.8 Å². The first-order valence-corrected chi connectivity index (χ1v) is 2.17. The molecule has 0 N–H and O–H groups in total. The number of hydrogen-bond acceptors (Lipinski definition) is 2. The molecule has 1 heterocycles. The molecule has 3 heteroatoms. The Hall–Kier alpha value is -0.860. The predicted octanol–water partition coefficient (Wildman–Crippen LogP) is 1.44. The van der Waals surface area contributed by atoms with E-state index in [1.165, 1.54) is 6.39 Å². The molecule has 8 heavy (non-hydrogen) atoms. The lowest BCUT2D eigenvalue weighted by Crippen LogP contribution is -1.69. The van der Waals surface area contributed by atoms with E-state index in [0.717, 1.165) is 11.5 Å². The van der Waals surface area contributed by atoms with Crippen LogP contribution >= 0.6 is 0 Å². The Labute approximate surface area is 46.9 Å². The summed E-state index contributed by atoms with van der Waals surface area (Å²) in [4.78, 5) is 3.85. The van der Waals surface area contributed by atoms with Crippen molar-refractivity contribution >= 4 is 0 Å². The van der Waals surface area contributed by atoms with Crippen molar-refractivity contribution in [1.82, 2.24) is 4.98 Å². The van der Waals surface area contributed by atoms with Crippen LogP contribution in [-0.2, 0) is 0 Å². The zero-order chi connectivity index (χ0) is 5.28. The number of rotatable bonds is 0. The number of aryl methyl sites for hydroxylation is 2. The SMILES string of the molecule is Cc1ncoc1C.F. The van der Waals surface area contributed by atoms with Crippen LogP contribution in [0.2, 0.25) is 0 Å². The van der Waals surface area contributed by atoms with Gasteiger partial charge in [-0.05, 0) is 13.8 Å². The van der Waals surface area contributed by atoms with E-state index in [1.54, 1.807) is 0 Å². The first-order chi connectivity index (χ1) is 3.30. The monoisotopic (exact) mass is 117 g/mol. The van der Waals surface area contributed by atoms with Crippen molar-refractivity contribution in [2.75, 3.05) is 0 Å². The maximum absolute atomic E-state index is 4.85. The van der Waals surface area contributed by atoms with Gasteiger partial charge in [0.25, 0.3) is 0 Å². The van der Waals surface area contributed by atoms with E-state index in [2.05, 4.69) is 4.98 Å². The summed E-state index contributed by atoms with van der Waals surface area (Å²) < 4.78 is 4.85. The van der Waals surface area contributed by atoms with Gasteiger partial charge in [-0.25, -0.2) is 4.98 Å². The smallest absolute Gasteiger partial charge is 0.181 e. The second kappa shape index (κ2) is 2.45. The highest BCUT2D eigenvalue weighted by Gasteiger charge is 1.90. The molecule has 0 aliphatic carbocycles. The van der Waals surface area contributed by atoms with Crippen molar-refractivity contribution in [2.45, 2.75) is 13.8 Å². The molecule has 1 aromatic rings. The number of nitrogens with zero attached hydrogens (tertiary/aromatic N) is 1. The first kappa shape index (κ1) is 7.14. The summed E-state index contributed by atoms with van der Waals surface area (Å²) in [5, 5.41) is 0. The molecule has 0 amide bonds. The van der Waals surface area contributed by atoms with Gasteiger partial charge in [0.15, 0.2) is 6.39 Å². The molecule has 0 fully saturated rings. The quantitative estimate of drug-likeness (QED) is 0.514. The van der Waals surface area contributed by atoms with Gasteiger partial charge in [-0.1, -0.05) is 0 Å². The average molecular weight is 117 g/mol. The van der Waals surface area contributed by atoms with Crippen LogP contribution in [0.3, 0.4) is 0 Å². The first-order valence-electron chi connectivity index (χ1n) is 2.17. The predicted molar refractivity (Wildman–Crippen MR) is 28.5 cm³/mol. The molecule has 0 saturated carbocycles. The molecule has 0 atom stereocenters. The van der Waals surface area contributed by atoms with Crippen molar-refractivity contribution < 1.29 is 9.12 Å². The maximum Gasteiger partial charge on any atom is 0.181 e. The molecule has 0 aliphatic heterocycles. The molecule has 0 unspecified atom stereocenters. The number of oxazole rings is 1. The van der Waals surface area contributed by atoms with Gasteiger partial charge in [0, 0.05) is 0 Å². The lowest BCUT2D eigenvalue weighted by atomic mass is 10.4. The summed E-state index contributed by atoms with van der Waals surface area (Å²) in [7, 11) is 0. The topological polar surface area (TPSA) is 26.0 Å². The van der Waals surface area contributed by atoms with Crippen molar-refractivity contribution in [3.63, 3.8) is 0 Å². The largest absolute Gasteiger partial charge is 0.449 e. The second-order valence-electron chi connectivity index (χ2n) is 1.49. The van der Waals surface area contributed by atoms with Crippen LogP contribution in [0, 0.1) is 13.8 Å². The van der Waals surface area contributed by atoms with Gasteiger partial charge in [0.1, 0.15) is 5.76 Å². The highest BCUT2D eigenvalue weighted by atomic mass is 19.0. The summed E-state index contributed by atoms with van der Waals surface area (Å²) in [6, 6.07) is 0. The van der Waals surface area contributed by atoms with Crippen LogP contribution < -0.4 is 0 Å². The molecule has 1 aromatic heterocycles. The van der Waals surface area contributed by atoms with E-state index in [1.807, 2.05) is 13.8 Å². The minimum Gasteiger partial charge on any atom is -0.449 e. The molecule has 0 spiro atoms. The maximum atomic E-state index is 4.85. The third kappa shape index (κ3) is 1.05. The van der Waals surface area contributed by atoms with E-state index in [0.29, 0.717) is 0 Å². The van der Waals surface area contributed by atoms with Gasteiger partial charge in [-0.3, -0.25) is 4.70 Å². The molecule has 1 rings (SSSR count). The standard InChI is InChI=1S/C5H7NO.FH/c1-4-5(2)7-3-6-4;/h3H,1-2H3;1H. The van der Waals surface area contributed by atoms with Gasteiger partial charge in [0.05, 0.1) is 5.69 Å². The van der Waals surface area contributed by atoms with E-state index >= 15 is 0 Å². The molecule has 0 saturated heterocycles. The van der Waals surface area contributed by atoms with Gasteiger partial charge in [-0.15, -0.1) is 0 Å². The molecule has 0 aromatic carbocycles. The van der Waals surface area contributed by atoms with E-state index < -0.39 is 0 Å². The van der Waals surface area contributed by atoms with Crippen molar-refractivity contribution in [2.24, 2.45) is 0 Å². The molecular formula is C5H8FNO. The average Bonchev–Trinajstić information content (AvgIpc) is 1.91. The normalized spacial score (nSPS) is 8.25. The zero-order valence-corrected chi connectivity index (χ0v) is 4.84. The molecule has 0 aliphatic rings. The summed E-state index contributed by atoms with van der Waals surface area (Å²) in [6.45, 7) is 3.81. The lowest BCUT2D eigenvalue weighted by molar-refractivity contribution is 0.525. The Kier molecular flexibility index (Phi) is 2.19. The number of halogens is 1. The fraction of sp³-hybridized carbons (Fsp3) is 0.400. The molecule has 0 radical (unpaired) electrons. The second-order valence-corrected chi connectivity index (χ2v) is 1.49. The molecule has 2 nitrogen and oxygen atoms in total. The minimum absolute atomic E-state index is 0. The third-order valence-electron chi connectivity index (χ3n) is 0.985. The Bertz CT molecular complexity index is 145. The van der Waals surface area contributed by atoms with Gasteiger partial charge >= 0.3 is 0 Å². The van der Waals surface area contributed by atoms with Crippen LogP contribution in [0.1, 0.15) is 11.5 Å². The zero-order valence-electron chi connectivity index (χ0n) is 4.84. The lowest BCUT2D eigenvalue weighted by Gasteiger charge is -1.76. The van der Waals surface area contributed by atoms with Crippen LogP contribution in [0.5, 0.6) is 0 Å². The van der Waals surface area contributed by atoms with Gasteiger partial charge in [0.2, 0.25) is 0 Å². The van der Waals surface area contributed by atoms with Crippen LogP contribution in [0.25, 0.3) is 0 Å². The molecule has 0 bridgehead atoms. The summed E-state index contributed by atoms with van der Waals surface area (Å²) in [5.74, 6) is 0.903. The molecular weight excluding hydrogens is 109 g/mol. The molecule has 46 valence electrons. The summed E-state index contributed by atoms with van der Waals surface area (Å²) in [5.41, 5.74) is 0.972.